The minimum absolute atomic E-state index is 0.0179. The van der Waals surface area contributed by atoms with Gasteiger partial charge in [0.1, 0.15) is 16.2 Å². The lowest BCUT2D eigenvalue weighted by Crippen LogP contribution is -2.38. The molecule has 1 N–H and O–H groups in total. The fourth-order valence-corrected chi connectivity index (χ4v) is 3.93. The van der Waals surface area contributed by atoms with Gasteiger partial charge in [-0.25, -0.2) is 14.8 Å². The fraction of sp³-hybridized carbons (Fsp3) is 0.350. The number of anilines is 1. The van der Waals surface area contributed by atoms with E-state index in [-0.39, 0.29) is 35.4 Å². The Hall–Kier alpha value is -3.34. The second-order valence-electron chi connectivity index (χ2n) is 7.35. The van der Waals surface area contributed by atoms with Crippen LogP contribution in [0.3, 0.4) is 0 Å². The van der Waals surface area contributed by atoms with E-state index in [4.69, 9.17) is 9.47 Å². The van der Waals surface area contributed by atoms with Crippen molar-refractivity contribution in [3.63, 3.8) is 0 Å². The predicted octanol–water partition coefficient (Wildman–Crippen LogP) is 1.61. The number of nitrogens with zero attached hydrogens (tertiary/aromatic N) is 4. The van der Waals surface area contributed by atoms with Crippen molar-refractivity contribution in [2.45, 2.75) is 24.8 Å². The van der Waals surface area contributed by atoms with E-state index in [0.717, 1.165) is 16.3 Å². The zero-order chi connectivity index (χ0) is 22.3. The number of carbonyl (C=O) groups is 1. The van der Waals surface area contributed by atoms with Crippen LogP contribution in [-0.2, 0) is 18.9 Å². The normalized spacial score (nSPS) is 12.5. The zero-order valence-electron chi connectivity index (χ0n) is 17.5. The van der Waals surface area contributed by atoms with Crippen LogP contribution in [0.25, 0.3) is 11.0 Å². The second-order valence-corrected chi connectivity index (χ2v) is 8.31. The molecular weight excluding hydrogens is 422 g/mol. The first-order chi connectivity index (χ1) is 14.8. The van der Waals surface area contributed by atoms with Crippen LogP contribution >= 0.6 is 11.8 Å². The van der Waals surface area contributed by atoms with Crippen molar-refractivity contribution >= 4 is 34.4 Å². The van der Waals surface area contributed by atoms with Crippen molar-refractivity contribution in [1.82, 2.24) is 19.1 Å². The molecule has 3 heterocycles. The van der Waals surface area contributed by atoms with Crippen molar-refractivity contribution < 1.29 is 14.3 Å². The van der Waals surface area contributed by atoms with Gasteiger partial charge >= 0.3 is 5.69 Å². The molecule has 0 aliphatic carbocycles. The number of amides is 1. The van der Waals surface area contributed by atoms with E-state index in [1.54, 1.807) is 25.2 Å². The Morgan fingerprint density at radius 2 is 1.90 bits per heavy atom. The Morgan fingerprint density at radius 1 is 1.16 bits per heavy atom. The molecule has 1 aromatic carbocycles. The number of carbonyl (C=O) groups excluding carboxylic acids is 1. The number of hydrogen-bond donors (Lipinski definition) is 1. The van der Waals surface area contributed by atoms with Gasteiger partial charge in [0.25, 0.3) is 5.56 Å². The summed E-state index contributed by atoms with van der Waals surface area (Å²) in [6, 6.07) is 5.13. The fourth-order valence-electron chi connectivity index (χ4n) is 3.11. The number of aromatic nitrogens is 4. The minimum atomic E-state index is -0.493. The van der Waals surface area contributed by atoms with Crippen LogP contribution in [0.15, 0.2) is 32.8 Å². The first-order valence-electron chi connectivity index (χ1n) is 9.56. The van der Waals surface area contributed by atoms with Gasteiger partial charge in [0, 0.05) is 31.8 Å². The monoisotopic (exact) mass is 443 g/mol. The summed E-state index contributed by atoms with van der Waals surface area (Å²) in [5.74, 6) is 1.41. The van der Waals surface area contributed by atoms with Gasteiger partial charge in [-0.15, -0.1) is 0 Å². The smallest absolute Gasteiger partial charge is 0.332 e. The van der Waals surface area contributed by atoms with Gasteiger partial charge in [-0.1, -0.05) is 25.6 Å². The van der Waals surface area contributed by atoms with E-state index in [1.165, 1.54) is 11.6 Å². The molecule has 10 nitrogen and oxygen atoms in total. The molecule has 0 saturated carbocycles. The highest BCUT2D eigenvalue weighted by Gasteiger charge is 2.20. The number of aryl methyl sites for hydroxylation is 1. The lowest BCUT2D eigenvalue weighted by Gasteiger charge is -2.13. The van der Waals surface area contributed by atoms with Gasteiger partial charge in [0.15, 0.2) is 17.1 Å². The summed E-state index contributed by atoms with van der Waals surface area (Å²) in [4.78, 5) is 46.6. The van der Waals surface area contributed by atoms with E-state index in [1.807, 2.05) is 13.8 Å². The van der Waals surface area contributed by atoms with Gasteiger partial charge in [-0.2, -0.15) is 0 Å². The largest absolute Gasteiger partial charge is 0.454 e. The highest BCUT2D eigenvalue weighted by Crippen LogP contribution is 2.34. The molecule has 0 radical (unpaired) electrons. The molecule has 0 saturated heterocycles. The van der Waals surface area contributed by atoms with Crippen molar-refractivity contribution in [2.75, 3.05) is 17.9 Å². The summed E-state index contributed by atoms with van der Waals surface area (Å²) in [6.07, 6.45) is 0. The average molecular weight is 443 g/mol. The van der Waals surface area contributed by atoms with Crippen LogP contribution in [0, 0.1) is 0 Å². The summed E-state index contributed by atoms with van der Waals surface area (Å²) >= 11 is 1.12. The molecule has 3 aromatic rings. The maximum atomic E-state index is 12.8. The molecule has 1 aliphatic rings. The van der Waals surface area contributed by atoms with Crippen LogP contribution in [0.2, 0.25) is 0 Å². The van der Waals surface area contributed by atoms with Crippen molar-refractivity contribution in [2.24, 2.45) is 14.1 Å². The van der Waals surface area contributed by atoms with Gasteiger partial charge < -0.3 is 14.8 Å². The summed E-state index contributed by atoms with van der Waals surface area (Å²) in [5.41, 5.74) is -0.136. The van der Waals surface area contributed by atoms with Crippen molar-refractivity contribution in [1.29, 1.82) is 0 Å². The molecule has 11 heteroatoms. The number of ether oxygens (including phenoxy) is 2. The summed E-state index contributed by atoms with van der Waals surface area (Å²) in [6.45, 7) is 3.99. The van der Waals surface area contributed by atoms with Crippen LogP contribution < -0.4 is 26.0 Å². The van der Waals surface area contributed by atoms with Crippen LogP contribution in [0.4, 0.5) is 5.69 Å². The van der Waals surface area contributed by atoms with E-state index >= 15 is 0 Å². The molecule has 1 aliphatic heterocycles. The summed E-state index contributed by atoms with van der Waals surface area (Å²) in [5, 5.41) is 3.38. The molecule has 0 atom stereocenters. The maximum absolute atomic E-state index is 12.8. The molecule has 31 heavy (non-hydrogen) atoms. The summed E-state index contributed by atoms with van der Waals surface area (Å²) in [7, 11) is 2.96. The van der Waals surface area contributed by atoms with Crippen LogP contribution in [0.1, 0.15) is 25.6 Å². The first-order valence-corrected chi connectivity index (χ1v) is 10.5. The predicted molar refractivity (Wildman–Crippen MR) is 116 cm³/mol. The lowest BCUT2D eigenvalue weighted by molar-refractivity contribution is -0.113. The van der Waals surface area contributed by atoms with E-state index in [9.17, 15) is 14.4 Å². The number of rotatable bonds is 5. The number of hydrogen-bond acceptors (Lipinski definition) is 8. The molecule has 4 rings (SSSR count). The Bertz CT molecular complexity index is 1310. The third-order valence-corrected chi connectivity index (χ3v) is 5.77. The zero-order valence-corrected chi connectivity index (χ0v) is 18.3. The van der Waals surface area contributed by atoms with Gasteiger partial charge in [-0.05, 0) is 12.1 Å². The maximum Gasteiger partial charge on any atom is 0.332 e. The molecule has 0 bridgehead atoms. The highest BCUT2D eigenvalue weighted by molar-refractivity contribution is 8.00. The summed E-state index contributed by atoms with van der Waals surface area (Å²) < 4.78 is 12.9. The third kappa shape index (κ3) is 3.88. The van der Waals surface area contributed by atoms with Gasteiger partial charge in [-0.3, -0.25) is 18.7 Å². The molecule has 0 unspecified atom stereocenters. The number of thioether (sulfide) groups is 1. The number of benzene rings is 1. The Labute approximate surface area is 181 Å². The SMILES string of the molecule is CC(C)c1nc(SCC(=O)Nc2ccc3c(c2)OCO3)c2c(=O)n(C)c(=O)n(C)c2n1. The number of nitrogens with one attached hydrogen (secondary N) is 1. The molecule has 0 fully saturated rings. The van der Waals surface area contributed by atoms with Gasteiger partial charge in [0.05, 0.1) is 5.75 Å². The molecule has 162 valence electrons. The van der Waals surface area contributed by atoms with Crippen LogP contribution in [0.5, 0.6) is 11.5 Å². The third-order valence-electron chi connectivity index (χ3n) is 4.80. The molecular formula is C20H21N5O5S. The Kier molecular flexibility index (Phi) is 5.44. The second kappa shape index (κ2) is 8.06. The number of fused-ring (bicyclic) bond motifs is 2. The topological polar surface area (TPSA) is 117 Å². The Balaban J connectivity index is 1.63. The first kappa shape index (κ1) is 20.9. The lowest BCUT2D eigenvalue weighted by atomic mass is 10.2. The van der Waals surface area contributed by atoms with Gasteiger partial charge in [0.2, 0.25) is 12.7 Å². The quantitative estimate of drug-likeness (QED) is 0.467. The average Bonchev–Trinajstić information content (AvgIpc) is 3.21. The highest BCUT2D eigenvalue weighted by atomic mass is 32.2. The van der Waals surface area contributed by atoms with Crippen molar-refractivity contribution in [3.8, 4) is 11.5 Å². The molecule has 2 aromatic heterocycles. The van der Waals surface area contributed by atoms with Crippen LogP contribution in [-0.4, -0.2) is 37.6 Å². The Morgan fingerprint density at radius 3 is 2.65 bits per heavy atom. The van der Waals surface area contributed by atoms with Crippen molar-refractivity contribution in [3.05, 3.63) is 44.9 Å². The molecule has 1 amide bonds. The van der Waals surface area contributed by atoms with E-state index < -0.39 is 11.2 Å². The minimum Gasteiger partial charge on any atom is -0.454 e. The molecule has 0 spiro atoms. The van der Waals surface area contributed by atoms with E-state index in [2.05, 4.69) is 15.3 Å². The van der Waals surface area contributed by atoms with E-state index in [0.29, 0.717) is 28.0 Å². The standard InChI is InChI=1S/C20H21N5O5S/c1-10(2)16-22-17-15(19(27)25(4)20(28)24(17)3)18(23-16)31-8-14(26)21-11-5-6-12-13(7-11)30-9-29-12/h5-7,10H,8-9H2,1-4H3,(H,21,26).